The molecule has 1 aliphatic heterocycles. The van der Waals surface area contributed by atoms with Crippen molar-refractivity contribution in [3.63, 3.8) is 0 Å². The summed E-state index contributed by atoms with van der Waals surface area (Å²) in [4.78, 5) is 17.9. The van der Waals surface area contributed by atoms with Gasteiger partial charge in [0.05, 0.1) is 6.61 Å². The summed E-state index contributed by atoms with van der Waals surface area (Å²) in [6.45, 7) is 6.12. The highest BCUT2D eigenvalue weighted by Crippen LogP contribution is 2.12. The van der Waals surface area contributed by atoms with E-state index < -0.39 is 0 Å². The molecule has 1 aromatic heterocycles. The average Bonchev–Trinajstić information content (AvgIpc) is 2.47. The van der Waals surface area contributed by atoms with E-state index in [1.165, 1.54) is 6.08 Å². The maximum Gasteiger partial charge on any atom is 0.330 e. The monoisotopic (exact) mass is 261 g/mol. The lowest BCUT2D eigenvalue weighted by Gasteiger charge is -2.28. The first-order valence-corrected chi connectivity index (χ1v) is 6.56. The highest BCUT2D eigenvalue weighted by Gasteiger charge is 2.10. The molecule has 5 heteroatoms. The maximum absolute atomic E-state index is 11.2. The molecule has 0 saturated carbocycles. The summed E-state index contributed by atoms with van der Waals surface area (Å²) in [6.07, 6.45) is 4.91. The second-order valence-electron chi connectivity index (χ2n) is 4.27. The van der Waals surface area contributed by atoms with Crippen molar-refractivity contribution in [3.8, 4) is 0 Å². The minimum atomic E-state index is -0.325. The van der Waals surface area contributed by atoms with Crippen LogP contribution in [-0.4, -0.2) is 43.7 Å². The van der Waals surface area contributed by atoms with Crippen LogP contribution in [0, 0.1) is 0 Å². The van der Waals surface area contributed by atoms with Crippen molar-refractivity contribution in [3.05, 3.63) is 30.0 Å². The van der Waals surface area contributed by atoms with Gasteiger partial charge in [-0.2, -0.15) is 0 Å². The van der Waals surface area contributed by atoms with Gasteiger partial charge in [-0.3, -0.25) is 0 Å². The fraction of sp³-hybridized carbons (Fsp3) is 0.429. The van der Waals surface area contributed by atoms with Gasteiger partial charge in [0.1, 0.15) is 5.82 Å². The first kappa shape index (κ1) is 13.5. The number of carbonyl (C=O) groups excluding carboxylic acids is 1. The minimum absolute atomic E-state index is 0.325. The van der Waals surface area contributed by atoms with Crippen molar-refractivity contribution in [1.29, 1.82) is 0 Å². The number of anilines is 1. The standard InChI is InChI=1S/C14H19N3O2/c1-2-19-14(18)6-4-12-3-5-13(16-11-12)17-9-7-15-8-10-17/h3-6,11,15H,2,7-10H2,1H3/b6-4+. The number of carbonyl (C=O) groups is 1. The maximum atomic E-state index is 11.2. The van der Waals surface area contributed by atoms with Crippen molar-refractivity contribution in [1.82, 2.24) is 10.3 Å². The van der Waals surface area contributed by atoms with Crippen LogP contribution in [0.1, 0.15) is 12.5 Å². The lowest BCUT2D eigenvalue weighted by molar-refractivity contribution is -0.137. The molecule has 0 unspecified atom stereocenters. The van der Waals surface area contributed by atoms with E-state index >= 15 is 0 Å². The van der Waals surface area contributed by atoms with Gasteiger partial charge in [0.25, 0.3) is 0 Å². The van der Waals surface area contributed by atoms with E-state index in [0.29, 0.717) is 6.61 Å². The molecule has 102 valence electrons. The second-order valence-corrected chi connectivity index (χ2v) is 4.27. The largest absolute Gasteiger partial charge is 0.463 e. The van der Waals surface area contributed by atoms with Crippen LogP contribution in [0.25, 0.3) is 6.08 Å². The summed E-state index contributed by atoms with van der Waals surface area (Å²) in [5, 5.41) is 3.31. The van der Waals surface area contributed by atoms with E-state index in [9.17, 15) is 4.79 Å². The second kappa shape index (κ2) is 6.89. The van der Waals surface area contributed by atoms with Crippen LogP contribution in [0.3, 0.4) is 0 Å². The molecule has 0 aliphatic carbocycles. The van der Waals surface area contributed by atoms with Crippen molar-refractivity contribution >= 4 is 17.9 Å². The smallest absolute Gasteiger partial charge is 0.330 e. The number of aromatic nitrogens is 1. The van der Waals surface area contributed by atoms with Gasteiger partial charge in [0.2, 0.25) is 0 Å². The molecule has 1 fully saturated rings. The number of ether oxygens (including phenoxy) is 1. The molecule has 0 aromatic carbocycles. The topological polar surface area (TPSA) is 54.5 Å². The quantitative estimate of drug-likeness (QED) is 0.649. The Morgan fingerprint density at radius 2 is 2.26 bits per heavy atom. The Kier molecular flexibility index (Phi) is 4.92. The zero-order valence-electron chi connectivity index (χ0n) is 11.1. The minimum Gasteiger partial charge on any atom is -0.463 e. The molecule has 0 atom stereocenters. The SMILES string of the molecule is CCOC(=O)/C=C/c1ccc(N2CCNCC2)nc1. The number of pyridine rings is 1. The number of esters is 1. The van der Waals surface area contributed by atoms with Gasteiger partial charge in [-0.25, -0.2) is 9.78 Å². The van der Waals surface area contributed by atoms with E-state index in [4.69, 9.17) is 4.74 Å². The third-order valence-electron chi connectivity index (χ3n) is 2.91. The molecule has 19 heavy (non-hydrogen) atoms. The Morgan fingerprint density at radius 3 is 2.89 bits per heavy atom. The van der Waals surface area contributed by atoms with Gasteiger partial charge in [-0.1, -0.05) is 0 Å². The molecular weight excluding hydrogens is 242 g/mol. The van der Waals surface area contributed by atoms with Crippen LogP contribution >= 0.6 is 0 Å². The van der Waals surface area contributed by atoms with Gasteiger partial charge < -0.3 is 15.0 Å². The Labute approximate surface area is 113 Å². The first-order chi connectivity index (χ1) is 9.29. The third kappa shape index (κ3) is 4.06. The number of hydrogen-bond donors (Lipinski definition) is 1. The number of hydrogen-bond acceptors (Lipinski definition) is 5. The first-order valence-electron chi connectivity index (χ1n) is 6.56. The van der Waals surface area contributed by atoms with Crippen molar-refractivity contribution in [2.45, 2.75) is 6.92 Å². The predicted octanol–water partition coefficient (Wildman–Crippen LogP) is 1.07. The fourth-order valence-corrected chi connectivity index (χ4v) is 1.93. The molecule has 2 heterocycles. The summed E-state index contributed by atoms with van der Waals surface area (Å²) in [6, 6.07) is 3.94. The molecule has 0 bridgehead atoms. The van der Waals surface area contributed by atoms with E-state index in [0.717, 1.165) is 37.6 Å². The van der Waals surface area contributed by atoms with Crippen LogP contribution in [0.15, 0.2) is 24.4 Å². The van der Waals surface area contributed by atoms with Crippen molar-refractivity contribution < 1.29 is 9.53 Å². The molecule has 0 radical (unpaired) electrons. The molecule has 1 saturated heterocycles. The summed E-state index contributed by atoms with van der Waals surface area (Å²) in [5.74, 6) is 0.656. The number of nitrogens with one attached hydrogen (secondary N) is 1. The van der Waals surface area contributed by atoms with Gasteiger partial charge >= 0.3 is 5.97 Å². The van der Waals surface area contributed by atoms with Crippen LogP contribution in [0.4, 0.5) is 5.82 Å². The summed E-state index contributed by atoms with van der Waals surface area (Å²) >= 11 is 0. The highest BCUT2D eigenvalue weighted by atomic mass is 16.5. The molecule has 1 N–H and O–H groups in total. The molecule has 0 amide bonds. The number of piperazine rings is 1. The zero-order chi connectivity index (χ0) is 13.5. The van der Waals surface area contributed by atoms with Crippen LogP contribution in [0.2, 0.25) is 0 Å². The molecule has 1 aliphatic rings. The highest BCUT2D eigenvalue weighted by molar-refractivity contribution is 5.86. The summed E-state index contributed by atoms with van der Waals surface area (Å²) in [5.41, 5.74) is 0.895. The van der Waals surface area contributed by atoms with Gasteiger partial charge in [0, 0.05) is 38.5 Å². The Hall–Kier alpha value is -1.88. The molecular formula is C14H19N3O2. The van der Waals surface area contributed by atoms with E-state index in [1.54, 1.807) is 19.2 Å². The summed E-state index contributed by atoms with van der Waals surface area (Å²) < 4.78 is 4.82. The Bertz CT molecular complexity index is 437. The Balaban J connectivity index is 1.96. The average molecular weight is 261 g/mol. The van der Waals surface area contributed by atoms with E-state index in [1.807, 2.05) is 12.1 Å². The van der Waals surface area contributed by atoms with E-state index in [-0.39, 0.29) is 5.97 Å². The third-order valence-corrected chi connectivity index (χ3v) is 2.91. The van der Waals surface area contributed by atoms with Gasteiger partial charge in [-0.15, -0.1) is 0 Å². The van der Waals surface area contributed by atoms with Crippen LogP contribution < -0.4 is 10.2 Å². The number of nitrogens with zero attached hydrogens (tertiary/aromatic N) is 2. The molecule has 2 rings (SSSR count). The fourth-order valence-electron chi connectivity index (χ4n) is 1.93. The normalized spacial score (nSPS) is 15.7. The van der Waals surface area contributed by atoms with Crippen LogP contribution in [-0.2, 0) is 9.53 Å². The van der Waals surface area contributed by atoms with Gasteiger partial charge in [0.15, 0.2) is 0 Å². The Morgan fingerprint density at radius 1 is 1.47 bits per heavy atom. The molecule has 0 spiro atoms. The summed E-state index contributed by atoms with van der Waals surface area (Å²) in [7, 11) is 0. The van der Waals surface area contributed by atoms with Crippen LogP contribution in [0.5, 0.6) is 0 Å². The number of rotatable bonds is 4. The molecule has 5 nitrogen and oxygen atoms in total. The van der Waals surface area contributed by atoms with E-state index in [2.05, 4.69) is 15.2 Å². The molecule has 1 aromatic rings. The zero-order valence-corrected chi connectivity index (χ0v) is 11.1. The lowest BCUT2D eigenvalue weighted by Crippen LogP contribution is -2.43. The van der Waals surface area contributed by atoms with Gasteiger partial charge in [-0.05, 0) is 30.7 Å². The van der Waals surface area contributed by atoms with Crippen molar-refractivity contribution in [2.24, 2.45) is 0 Å². The lowest BCUT2D eigenvalue weighted by atomic mass is 10.2. The van der Waals surface area contributed by atoms with Crippen molar-refractivity contribution in [2.75, 3.05) is 37.7 Å². The predicted molar refractivity (Wildman–Crippen MR) is 75.0 cm³/mol.